The van der Waals surface area contributed by atoms with Gasteiger partial charge >= 0.3 is 0 Å². The van der Waals surface area contributed by atoms with E-state index < -0.39 is 15.8 Å². The molecule has 2 aromatic rings. The van der Waals surface area contributed by atoms with E-state index in [0.717, 1.165) is 48.7 Å². The number of sulfonamides is 1. The van der Waals surface area contributed by atoms with Crippen molar-refractivity contribution in [1.82, 2.24) is 4.90 Å². The Morgan fingerprint density at radius 1 is 0.900 bits per heavy atom. The van der Waals surface area contributed by atoms with Crippen molar-refractivity contribution >= 4 is 15.7 Å². The number of aliphatic hydroxyl groups is 1. The van der Waals surface area contributed by atoms with E-state index in [1.807, 2.05) is 7.05 Å². The number of anilines is 1. The molecule has 2 aromatic carbocycles. The summed E-state index contributed by atoms with van der Waals surface area (Å²) in [5.41, 5.74) is 0.499. The number of aliphatic hydroxyl groups excluding tert-OH is 1. The second kappa shape index (κ2) is 11.9. The van der Waals surface area contributed by atoms with Crippen molar-refractivity contribution in [1.29, 1.82) is 0 Å². The summed E-state index contributed by atoms with van der Waals surface area (Å²) < 4.78 is 45.3. The molecule has 0 spiro atoms. The third-order valence-electron chi connectivity index (χ3n) is 4.86. The first-order valence-electron chi connectivity index (χ1n) is 10.1. The zero-order valence-electron chi connectivity index (χ0n) is 17.6. The standard InChI is InChI=1S/C22H31FN2O4S/c1-24(16-17-26)15-5-3-4-6-18-29-21-11-9-20(10-12-21)25(2)30(27,28)22-13-7-19(23)8-14-22/h7-14,26H,3-6,15-18H2,1-2H3. The molecular formula is C22H31FN2O4S. The number of unbranched alkanes of at least 4 members (excludes halogenated alkanes) is 3. The Morgan fingerprint density at radius 2 is 1.53 bits per heavy atom. The fourth-order valence-corrected chi connectivity index (χ4v) is 4.16. The summed E-state index contributed by atoms with van der Waals surface area (Å²) in [6, 6.07) is 11.6. The molecular weight excluding hydrogens is 407 g/mol. The monoisotopic (exact) mass is 438 g/mol. The van der Waals surface area contributed by atoms with Crippen LogP contribution in [0.25, 0.3) is 0 Å². The first-order valence-corrected chi connectivity index (χ1v) is 11.6. The normalized spacial score (nSPS) is 11.6. The number of ether oxygens (including phenoxy) is 1. The Morgan fingerprint density at radius 3 is 2.17 bits per heavy atom. The molecule has 0 amide bonds. The largest absolute Gasteiger partial charge is 0.494 e. The van der Waals surface area contributed by atoms with Gasteiger partial charge in [-0.1, -0.05) is 12.8 Å². The van der Waals surface area contributed by atoms with E-state index in [-0.39, 0.29) is 11.5 Å². The van der Waals surface area contributed by atoms with Gasteiger partial charge in [0.1, 0.15) is 11.6 Å². The van der Waals surface area contributed by atoms with Crippen LogP contribution in [0.15, 0.2) is 53.4 Å². The van der Waals surface area contributed by atoms with E-state index in [0.29, 0.717) is 24.6 Å². The minimum atomic E-state index is -3.75. The van der Waals surface area contributed by atoms with Crippen LogP contribution in [0, 0.1) is 5.82 Å². The van der Waals surface area contributed by atoms with Crippen LogP contribution in [0.3, 0.4) is 0 Å². The number of benzene rings is 2. The minimum absolute atomic E-state index is 0.0364. The average molecular weight is 439 g/mol. The predicted octanol–water partition coefficient (Wildman–Crippen LogP) is 3.51. The highest BCUT2D eigenvalue weighted by molar-refractivity contribution is 7.92. The fourth-order valence-electron chi connectivity index (χ4n) is 2.97. The fraction of sp³-hybridized carbons (Fsp3) is 0.455. The molecule has 0 bridgehead atoms. The van der Waals surface area contributed by atoms with E-state index in [1.165, 1.54) is 19.2 Å². The van der Waals surface area contributed by atoms with Gasteiger partial charge in [-0.25, -0.2) is 12.8 Å². The van der Waals surface area contributed by atoms with Crippen LogP contribution in [-0.2, 0) is 10.0 Å². The van der Waals surface area contributed by atoms with Gasteiger partial charge in [0.2, 0.25) is 0 Å². The number of hydrogen-bond acceptors (Lipinski definition) is 5. The van der Waals surface area contributed by atoms with Gasteiger partial charge in [-0.2, -0.15) is 0 Å². The topological polar surface area (TPSA) is 70.1 Å². The molecule has 0 heterocycles. The molecule has 0 saturated heterocycles. The lowest BCUT2D eigenvalue weighted by atomic mass is 10.2. The molecule has 6 nitrogen and oxygen atoms in total. The molecule has 8 heteroatoms. The molecule has 30 heavy (non-hydrogen) atoms. The van der Waals surface area contributed by atoms with Crippen molar-refractivity contribution in [3.63, 3.8) is 0 Å². The maximum Gasteiger partial charge on any atom is 0.264 e. The van der Waals surface area contributed by atoms with Crippen molar-refractivity contribution in [2.45, 2.75) is 30.6 Å². The highest BCUT2D eigenvalue weighted by Crippen LogP contribution is 2.24. The summed E-state index contributed by atoms with van der Waals surface area (Å²) in [4.78, 5) is 2.15. The van der Waals surface area contributed by atoms with Crippen LogP contribution in [0.2, 0.25) is 0 Å². The number of rotatable bonds is 13. The SMILES string of the molecule is CN(CCO)CCCCCCOc1ccc(N(C)S(=O)(=O)c2ccc(F)cc2)cc1. The molecule has 2 rings (SSSR count). The molecule has 0 aliphatic heterocycles. The molecule has 0 aliphatic carbocycles. The van der Waals surface area contributed by atoms with Crippen molar-refractivity contribution < 1.29 is 22.7 Å². The Labute approximate surface area is 178 Å². The third-order valence-corrected chi connectivity index (χ3v) is 6.66. The third kappa shape index (κ3) is 7.27. The van der Waals surface area contributed by atoms with Gasteiger partial charge in [0.25, 0.3) is 10.0 Å². The van der Waals surface area contributed by atoms with Crippen LogP contribution < -0.4 is 9.04 Å². The predicted molar refractivity (Wildman–Crippen MR) is 117 cm³/mol. The van der Waals surface area contributed by atoms with Crippen molar-refractivity contribution in [2.75, 3.05) is 44.7 Å². The van der Waals surface area contributed by atoms with Crippen molar-refractivity contribution in [2.24, 2.45) is 0 Å². The van der Waals surface area contributed by atoms with E-state index in [2.05, 4.69) is 4.90 Å². The van der Waals surface area contributed by atoms with Gasteiger partial charge < -0.3 is 14.7 Å². The van der Waals surface area contributed by atoms with E-state index >= 15 is 0 Å². The summed E-state index contributed by atoms with van der Waals surface area (Å²) in [7, 11) is -0.283. The number of likely N-dealkylation sites (N-methyl/N-ethyl adjacent to an activating group) is 1. The van der Waals surface area contributed by atoms with Crippen LogP contribution in [0.4, 0.5) is 10.1 Å². The Balaban J connectivity index is 1.77. The van der Waals surface area contributed by atoms with Crippen LogP contribution in [-0.4, -0.2) is 58.8 Å². The molecule has 0 saturated carbocycles. The van der Waals surface area contributed by atoms with Crippen molar-refractivity contribution in [3.8, 4) is 5.75 Å². The average Bonchev–Trinajstić information content (AvgIpc) is 2.73. The van der Waals surface area contributed by atoms with Crippen LogP contribution >= 0.6 is 0 Å². The summed E-state index contributed by atoms with van der Waals surface area (Å²) >= 11 is 0. The molecule has 0 aliphatic rings. The van der Waals surface area contributed by atoms with Crippen LogP contribution in [0.5, 0.6) is 5.75 Å². The lowest BCUT2D eigenvalue weighted by Gasteiger charge is -2.20. The molecule has 0 unspecified atom stereocenters. The quantitative estimate of drug-likeness (QED) is 0.485. The summed E-state index contributed by atoms with van der Waals surface area (Å²) in [6.45, 7) is 2.49. The molecule has 0 atom stereocenters. The Kier molecular flexibility index (Phi) is 9.55. The Hall–Kier alpha value is -2.16. The summed E-state index contributed by atoms with van der Waals surface area (Å²) in [5, 5.41) is 8.86. The molecule has 0 fully saturated rings. The highest BCUT2D eigenvalue weighted by atomic mass is 32.2. The zero-order valence-corrected chi connectivity index (χ0v) is 18.4. The van der Waals surface area contributed by atoms with E-state index in [9.17, 15) is 12.8 Å². The summed E-state index contributed by atoms with van der Waals surface area (Å²) in [6.07, 6.45) is 4.23. The lowest BCUT2D eigenvalue weighted by Crippen LogP contribution is -2.26. The van der Waals surface area contributed by atoms with Gasteiger partial charge in [-0.05, 0) is 75.0 Å². The number of nitrogens with zero attached hydrogens (tertiary/aromatic N) is 2. The zero-order chi connectivity index (χ0) is 22.0. The molecule has 166 valence electrons. The van der Waals surface area contributed by atoms with Gasteiger partial charge in [0, 0.05) is 13.6 Å². The summed E-state index contributed by atoms with van der Waals surface area (Å²) in [5.74, 6) is 0.209. The van der Waals surface area contributed by atoms with Crippen molar-refractivity contribution in [3.05, 3.63) is 54.3 Å². The van der Waals surface area contributed by atoms with Gasteiger partial charge in [0.05, 0.1) is 23.8 Å². The van der Waals surface area contributed by atoms with E-state index in [4.69, 9.17) is 9.84 Å². The molecule has 0 radical (unpaired) electrons. The molecule has 0 aromatic heterocycles. The van der Waals surface area contributed by atoms with Gasteiger partial charge in [-0.15, -0.1) is 0 Å². The first-order chi connectivity index (χ1) is 14.3. The number of halogens is 1. The maximum atomic E-state index is 13.1. The number of hydrogen-bond donors (Lipinski definition) is 1. The molecule has 1 N–H and O–H groups in total. The minimum Gasteiger partial charge on any atom is -0.494 e. The first kappa shape index (κ1) is 24.1. The second-order valence-corrected chi connectivity index (χ2v) is 9.18. The maximum absolute atomic E-state index is 13.1. The van der Waals surface area contributed by atoms with Gasteiger partial charge in [-0.3, -0.25) is 4.31 Å². The second-order valence-electron chi connectivity index (χ2n) is 7.21. The van der Waals surface area contributed by atoms with Gasteiger partial charge in [0.15, 0.2) is 0 Å². The smallest absolute Gasteiger partial charge is 0.264 e. The van der Waals surface area contributed by atoms with Crippen LogP contribution in [0.1, 0.15) is 25.7 Å². The lowest BCUT2D eigenvalue weighted by molar-refractivity contribution is 0.218. The highest BCUT2D eigenvalue weighted by Gasteiger charge is 2.21. The van der Waals surface area contributed by atoms with E-state index in [1.54, 1.807) is 24.3 Å². The Bertz CT molecular complexity index is 858.